The second-order valence-corrected chi connectivity index (χ2v) is 3.97. The molecule has 0 bridgehead atoms. The minimum absolute atomic E-state index is 0.334. The lowest BCUT2D eigenvalue weighted by molar-refractivity contribution is 0.262. The fourth-order valence-corrected chi connectivity index (χ4v) is 1.46. The molecule has 2 amide bonds. The minimum Gasteiger partial charge on any atom is -0.308 e. The number of anilines is 2. The van der Waals surface area contributed by atoms with Crippen molar-refractivity contribution in [3.63, 3.8) is 0 Å². The van der Waals surface area contributed by atoms with Crippen molar-refractivity contribution in [2.45, 2.75) is 13.8 Å². The Hall–Kier alpha value is -2.43. The van der Waals surface area contributed by atoms with Crippen molar-refractivity contribution in [1.29, 1.82) is 0 Å². The van der Waals surface area contributed by atoms with Crippen LogP contribution in [0.2, 0.25) is 0 Å². The van der Waals surface area contributed by atoms with Crippen LogP contribution in [0.4, 0.5) is 16.3 Å². The van der Waals surface area contributed by atoms with Crippen LogP contribution in [-0.2, 0) is 0 Å². The topological polar surface area (TPSA) is 66.9 Å². The molecule has 5 heteroatoms. The Labute approximate surface area is 105 Å². The van der Waals surface area contributed by atoms with E-state index in [4.69, 9.17) is 0 Å². The lowest BCUT2D eigenvalue weighted by atomic mass is 10.1. The molecule has 18 heavy (non-hydrogen) atoms. The van der Waals surface area contributed by atoms with Gasteiger partial charge in [0.05, 0.1) is 6.20 Å². The fraction of sp³-hybridized carbons (Fsp3) is 0.154. The van der Waals surface area contributed by atoms with Gasteiger partial charge in [-0.3, -0.25) is 10.3 Å². The number of amides is 2. The molecule has 0 saturated carbocycles. The Bertz CT molecular complexity index is 554. The van der Waals surface area contributed by atoms with Crippen LogP contribution in [0.5, 0.6) is 0 Å². The van der Waals surface area contributed by atoms with E-state index in [9.17, 15) is 4.79 Å². The zero-order chi connectivity index (χ0) is 13.0. The molecule has 1 aromatic carbocycles. The molecule has 0 aliphatic rings. The SMILES string of the molecule is Cc1ccc(NC(=O)Nc2cnccn2)cc1C. The maximum absolute atomic E-state index is 11.7. The number of carbonyl (C=O) groups is 1. The summed E-state index contributed by atoms with van der Waals surface area (Å²) in [5.41, 5.74) is 3.07. The largest absolute Gasteiger partial charge is 0.324 e. The lowest BCUT2D eigenvalue weighted by Gasteiger charge is -2.08. The highest BCUT2D eigenvalue weighted by atomic mass is 16.2. The van der Waals surface area contributed by atoms with Gasteiger partial charge < -0.3 is 5.32 Å². The smallest absolute Gasteiger partial charge is 0.308 e. The molecule has 1 aromatic heterocycles. The summed E-state index contributed by atoms with van der Waals surface area (Å²) in [5, 5.41) is 5.34. The third-order valence-electron chi connectivity index (χ3n) is 2.57. The van der Waals surface area contributed by atoms with Crippen LogP contribution in [0.1, 0.15) is 11.1 Å². The molecule has 2 rings (SSSR count). The first-order valence-corrected chi connectivity index (χ1v) is 5.56. The zero-order valence-corrected chi connectivity index (χ0v) is 10.3. The number of rotatable bonds is 2. The molecule has 0 aliphatic carbocycles. The Kier molecular flexibility index (Phi) is 3.52. The average Bonchev–Trinajstić information content (AvgIpc) is 2.35. The van der Waals surface area contributed by atoms with Crippen molar-refractivity contribution >= 4 is 17.5 Å². The van der Waals surface area contributed by atoms with Gasteiger partial charge in [0.25, 0.3) is 0 Å². The second kappa shape index (κ2) is 5.27. The number of nitrogens with one attached hydrogen (secondary N) is 2. The van der Waals surface area contributed by atoms with Crippen LogP contribution in [0, 0.1) is 13.8 Å². The molecule has 0 unspecified atom stereocenters. The molecule has 5 nitrogen and oxygen atoms in total. The molecule has 0 saturated heterocycles. The molecule has 0 radical (unpaired) electrons. The van der Waals surface area contributed by atoms with Crippen LogP contribution in [0.15, 0.2) is 36.8 Å². The van der Waals surface area contributed by atoms with Gasteiger partial charge in [-0.05, 0) is 37.1 Å². The molecule has 0 aliphatic heterocycles. The summed E-state index contributed by atoms with van der Waals surface area (Å²) >= 11 is 0. The highest BCUT2D eigenvalue weighted by Gasteiger charge is 2.03. The van der Waals surface area contributed by atoms with E-state index in [-0.39, 0.29) is 6.03 Å². The van der Waals surface area contributed by atoms with Gasteiger partial charge in [-0.25, -0.2) is 9.78 Å². The van der Waals surface area contributed by atoms with E-state index in [1.54, 1.807) is 6.20 Å². The Morgan fingerprint density at radius 2 is 1.94 bits per heavy atom. The number of hydrogen-bond donors (Lipinski definition) is 2. The van der Waals surface area contributed by atoms with E-state index < -0.39 is 0 Å². The van der Waals surface area contributed by atoms with Crippen molar-refractivity contribution in [3.8, 4) is 0 Å². The van der Waals surface area contributed by atoms with Crippen LogP contribution >= 0.6 is 0 Å². The molecular formula is C13H14N4O. The van der Waals surface area contributed by atoms with E-state index in [2.05, 4.69) is 20.6 Å². The number of aryl methyl sites for hydroxylation is 2. The van der Waals surface area contributed by atoms with E-state index in [0.29, 0.717) is 5.82 Å². The third-order valence-corrected chi connectivity index (χ3v) is 2.57. The van der Waals surface area contributed by atoms with Crippen LogP contribution in [0.3, 0.4) is 0 Å². The van der Waals surface area contributed by atoms with Gasteiger partial charge in [-0.2, -0.15) is 0 Å². The van der Waals surface area contributed by atoms with Crippen molar-refractivity contribution < 1.29 is 4.79 Å². The summed E-state index contributed by atoms with van der Waals surface area (Å²) in [5.74, 6) is 0.416. The summed E-state index contributed by atoms with van der Waals surface area (Å²) in [6, 6.07) is 5.41. The van der Waals surface area contributed by atoms with E-state index in [1.807, 2.05) is 32.0 Å². The van der Waals surface area contributed by atoms with Crippen molar-refractivity contribution in [1.82, 2.24) is 9.97 Å². The van der Waals surface area contributed by atoms with Gasteiger partial charge in [-0.1, -0.05) is 6.07 Å². The number of nitrogens with zero attached hydrogens (tertiary/aromatic N) is 2. The standard InChI is InChI=1S/C13H14N4O/c1-9-3-4-11(7-10(9)2)16-13(18)17-12-8-14-5-6-15-12/h3-8H,1-2H3,(H2,15,16,17,18). The fourth-order valence-electron chi connectivity index (χ4n) is 1.46. The molecule has 0 spiro atoms. The first-order chi connectivity index (χ1) is 8.65. The predicted molar refractivity (Wildman–Crippen MR) is 70.6 cm³/mol. The maximum Gasteiger partial charge on any atom is 0.324 e. The van der Waals surface area contributed by atoms with E-state index in [0.717, 1.165) is 11.3 Å². The molecule has 92 valence electrons. The molecule has 2 aromatic rings. The minimum atomic E-state index is -0.334. The predicted octanol–water partition coefficient (Wildman–Crippen LogP) is 2.74. The lowest BCUT2D eigenvalue weighted by Crippen LogP contribution is -2.20. The van der Waals surface area contributed by atoms with Crippen LogP contribution < -0.4 is 10.6 Å². The Morgan fingerprint density at radius 1 is 1.11 bits per heavy atom. The summed E-state index contributed by atoms with van der Waals surface area (Å²) in [6.45, 7) is 4.03. The molecule has 0 atom stereocenters. The number of aromatic nitrogens is 2. The third kappa shape index (κ3) is 3.04. The zero-order valence-electron chi connectivity index (χ0n) is 10.3. The molecule has 2 N–H and O–H groups in total. The summed E-state index contributed by atoms with van der Waals surface area (Å²) in [7, 11) is 0. The highest BCUT2D eigenvalue weighted by molar-refractivity contribution is 5.99. The van der Waals surface area contributed by atoms with Gasteiger partial charge in [0.2, 0.25) is 0 Å². The van der Waals surface area contributed by atoms with Gasteiger partial charge in [0.15, 0.2) is 5.82 Å². The summed E-state index contributed by atoms with van der Waals surface area (Å²) in [6.07, 6.45) is 4.55. The number of carbonyl (C=O) groups excluding carboxylic acids is 1. The van der Waals surface area contributed by atoms with Crippen molar-refractivity contribution in [3.05, 3.63) is 47.9 Å². The molecule has 0 fully saturated rings. The average molecular weight is 242 g/mol. The Balaban J connectivity index is 2.01. The monoisotopic (exact) mass is 242 g/mol. The number of benzene rings is 1. The first-order valence-electron chi connectivity index (χ1n) is 5.56. The van der Waals surface area contributed by atoms with Gasteiger partial charge in [-0.15, -0.1) is 0 Å². The van der Waals surface area contributed by atoms with E-state index >= 15 is 0 Å². The Morgan fingerprint density at radius 3 is 2.61 bits per heavy atom. The van der Waals surface area contributed by atoms with E-state index in [1.165, 1.54) is 18.0 Å². The molecular weight excluding hydrogens is 228 g/mol. The quantitative estimate of drug-likeness (QED) is 0.850. The van der Waals surface area contributed by atoms with Gasteiger partial charge in [0.1, 0.15) is 0 Å². The number of urea groups is 1. The van der Waals surface area contributed by atoms with Crippen molar-refractivity contribution in [2.24, 2.45) is 0 Å². The maximum atomic E-state index is 11.7. The second-order valence-electron chi connectivity index (χ2n) is 3.97. The number of hydrogen-bond acceptors (Lipinski definition) is 3. The first kappa shape index (κ1) is 12.0. The van der Waals surface area contributed by atoms with Gasteiger partial charge in [0, 0.05) is 18.1 Å². The normalized spacial score (nSPS) is 9.89. The summed E-state index contributed by atoms with van der Waals surface area (Å²) < 4.78 is 0. The van der Waals surface area contributed by atoms with Crippen LogP contribution in [-0.4, -0.2) is 16.0 Å². The highest BCUT2D eigenvalue weighted by Crippen LogP contribution is 2.14. The molecule has 1 heterocycles. The van der Waals surface area contributed by atoms with Crippen LogP contribution in [0.25, 0.3) is 0 Å². The summed E-state index contributed by atoms with van der Waals surface area (Å²) in [4.78, 5) is 19.5. The van der Waals surface area contributed by atoms with Crippen molar-refractivity contribution in [2.75, 3.05) is 10.6 Å². The van der Waals surface area contributed by atoms with Gasteiger partial charge >= 0.3 is 6.03 Å².